The van der Waals surface area contributed by atoms with E-state index in [0.29, 0.717) is 6.17 Å². The Morgan fingerprint density at radius 3 is 2.83 bits per heavy atom. The van der Waals surface area contributed by atoms with Crippen LogP contribution in [0.25, 0.3) is 10.4 Å². The van der Waals surface area contributed by atoms with Crippen LogP contribution in [0.5, 0.6) is 0 Å². The van der Waals surface area contributed by atoms with Crippen LogP contribution < -0.4 is 0 Å². The largest absolute Gasteiger partial charge is 0.438 e. The zero-order valence-electron chi connectivity index (χ0n) is 3.20. The molecule has 0 rings (SSSR count). The molecule has 0 aromatic carbocycles. The van der Waals surface area contributed by atoms with Gasteiger partial charge in [0.25, 0.3) is 0 Å². The highest BCUT2D eigenvalue weighted by Gasteiger charge is 1.69. The Bertz CT molecular complexity index is 67.2. The van der Waals surface area contributed by atoms with Crippen molar-refractivity contribution in [3.8, 4) is 0 Å². The maximum absolute atomic E-state index is 8.07. The number of hydrogen-bond donors (Lipinski definition) is 1. The van der Waals surface area contributed by atoms with Crippen molar-refractivity contribution in [1.29, 1.82) is 0 Å². The highest BCUT2D eigenvalue weighted by molar-refractivity contribution is 6.25. The van der Waals surface area contributed by atoms with Gasteiger partial charge in [0.2, 0.25) is 0 Å². The molecule has 0 saturated carbocycles. The number of azide groups is 1. The first-order valence-electron chi connectivity index (χ1n) is 1.53. The van der Waals surface area contributed by atoms with Crippen molar-refractivity contribution in [3.05, 3.63) is 10.4 Å². The van der Waals surface area contributed by atoms with Crippen LogP contribution in [0.2, 0.25) is 0 Å². The Labute approximate surface area is 37.4 Å². The molecule has 1 N–H and O–H groups in total. The zero-order chi connectivity index (χ0) is 4.83. The van der Waals surface area contributed by atoms with Crippen molar-refractivity contribution in [3.63, 3.8) is 0 Å². The number of rotatable bonds is 2. The van der Waals surface area contributed by atoms with E-state index < -0.39 is 9.76 Å². The van der Waals surface area contributed by atoms with Crippen LogP contribution in [0.1, 0.15) is 0 Å². The molecule has 34 valence electrons. The average Bonchev–Trinajstić information content (AvgIpc) is 1.61. The van der Waals surface area contributed by atoms with E-state index in [1.165, 1.54) is 0 Å². The van der Waals surface area contributed by atoms with Crippen LogP contribution in [0, 0.1) is 0 Å². The van der Waals surface area contributed by atoms with E-state index in [4.69, 9.17) is 10.3 Å². The van der Waals surface area contributed by atoms with Gasteiger partial charge in [-0.15, -0.1) is 0 Å². The fourth-order valence-electron chi connectivity index (χ4n) is 0.0894. The standard InChI is InChI=1S/CH5N3OSi/c2-4-3-1-6-5/h5H,1,6H2. The van der Waals surface area contributed by atoms with Crippen LogP contribution in [0.4, 0.5) is 0 Å². The van der Waals surface area contributed by atoms with Crippen LogP contribution in [-0.2, 0) is 0 Å². The molecule has 4 nitrogen and oxygen atoms in total. The van der Waals surface area contributed by atoms with Crippen molar-refractivity contribution in [1.82, 2.24) is 0 Å². The summed E-state index contributed by atoms with van der Waals surface area (Å²) in [5.74, 6) is 0. The van der Waals surface area contributed by atoms with Crippen LogP contribution in [-0.4, -0.2) is 20.7 Å². The average molecular weight is 103 g/mol. The number of hydrogen-bond acceptors (Lipinski definition) is 2. The van der Waals surface area contributed by atoms with E-state index in [1.54, 1.807) is 0 Å². The third kappa shape index (κ3) is 3.49. The predicted molar refractivity (Wildman–Crippen MR) is 24.8 cm³/mol. The van der Waals surface area contributed by atoms with E-state index in [-0.39, 0.29) is 0 Å². The Morgan fingerprint density at radius 1 is 2.00 bits per heavy atom. The minimum atomic E-state index is -1.02. The van der Waals surface area contributed by atoms with Crippen molar-refractivity contribution < 1.29 is 4.80 Å². The first kappa shape index (κ1) is 5.49. The summed E-state index contributed by atoms with van der Waals surface area (Å²) in [6.45, 7) is 0. The second-order valence-corrected chi connectivity index (χ2v) is 1.57. The molecule has 0 saturated heterocycles. The molecule has 0 atom stereocenters. The van der Waals surface area contributed by atoms with Gasteiger partial charge in [-0.25, -0.2) is 0 Å². The second-order valence-electron chi connectivity index (χ2n) is 0.678. The van der Waals surface area contributed by atoms with E-state index >= 15 is 0 Å². The molecule has 0 amide bonds. The van der Waals surface area contributed by atoms with E-state index in [0.717, 1.165) is 0 Å². The van der Waals surface area contributed by atoms with Crippen LogP contribution >= 0.6 is 0 Å². The van der Waals surface area contributed by atoms with Crippen molar-refractivity contribution in [2.24, 2.45) is 5.11 Å². The van der Waals surface area contributed by atoms with Crippen LogP contribution in [0.3, 0.4) is 0 Å². The Balaban J connectivity index is 2.86. The van der Waals surface area contributed by atoms with Gasteiger partial charge in [-0.05, 0) is 5.53 Å². The lowest BCUT2D eigenvalue weighted by Crippen LogP contribution is -1.89. The van der Waals surface area contributed by atoms with E-state index in [2.05, 4.69) is 10.0 Å². The lowest BCUT2D eigenvalue weighted by atomic mass is 11.5. The molecular weight excluding hydrogens is 98.1 g/mol. The maximum atomic E-state index is 8.07. The molecule has 0 unspecified atom stereocenters. The highest BCUT2D eigenvalue weighted by atomic mass is 28.2. The number of nitrogens with zero attached hydrogens (tertiary/aromatic N) is 3. The summed E-state index contributed by atoms with van der Waals surface area (Å²) in [7, 11) is -1.02. The molecule has 0 aliphatic carbocycles. The summed E-state index contributed by atoms with van der Waals surface area (Å²) in [4.78, 5) is 10.5. The van der Waals surface area contributed by atoms with Crippen molar-refractivity contribution in [2.75, 3.05) is 6.17 Å². The summed E-state index contributed by atoms with van der Waals surface area (Å²) < 4.78 is 0. The summed E-state index contributed by atoms with van der Waals surface area (Å²) >= 11 is 0. The molecule has 0 aromatic heterocycles. The summed E-state index contributed by atoms with van der Waals surface area (Å²) in [6.07, 6.45) is 0.316. The van der Waals surface area contributed by atoms with Gasteiger partial charge in [0.1, 0.15) is 0 Å². The normalized spacial score (nSPS) is 8.83. The van der Waals surface area contributed by atoms with Gasteiger partial charge in [-0.2, -0.15) is 0 Å². The Kier molecular flexibility index (Phi) is 4.10. The lowest BCUT2D eigenvalue weighted by molar-refractivity contribution is 0.602. The zero-order valence-corrected chi connectivity index (χ0v) is 4.62. The SMILES string of the molecule is [N-]=[N+]=NC[SiH2]O. The molecule has 0 aliphatic rings. The quantitative estimate of drug-likeness (QED) is 0.214. The van der Waals surface area contributed by atoms with E-state index in [1.807, 2.05) is 0 Å². The van der Waals surface area contributed by atoms with E-state index in [9.17, 15) is 0 Å². The molecule has 0 bridgehead atoms. The molecule has 6 heavy (non-hydrogen) atoms. The maximum Gasteiger partial charge on any atom is 0.162 e. The predicted octanol–water partition coefficient (Wildman–Crippen LogP) is -0.670. The third-order valence-corrected chi connectivity index (χ3v) is 0.663. The smallest absolute Gasteiger partial charge is 0.162 e. The molecule has 0 heterocycles. The molecular formula is CH5N3OSi. The van der Waals surface area contributed by atoms with Gasteiger partial charge < -0.3 is 4.80 Å². The third-order valence-electron chi connectivity index (χ3n) is 0.263. The lowest BCUT2D eigenvalue weighted by Gasteiger charge is -1.70. The van der Waals surface area contributed by atoms with Crippen molar-refractivity contribution in [2.45, 2.75) is 0 Å². The minimum Gasteiger partial charge on any atom is -0.438 e. The summed E-state index contributed by atoms with van der Waals surface area (Å²) in [5.41, 5.74) is 7.57. The fraction of sp³-hybridized carbons (Fsp3) is 1.00. The Hall–Kier alpha value is -0.513. The Morgan fingerprint density at radius 2 is 2.67 bits per heavy atom. The first-order valence-corrected chi connectivity index (χ1v) is 3.16. The molecule has 0 radical (unpaired) electrons. The van der Waals surface area contributed by atoms with Gasteiger partial charge in [-0.3, -0.25) is 0 Å². The van der Waals surface area contributed by atoms with Crippen LogP contribution in [0.15, 0.2) is 5.11 Å². The molecule has 0 aliphatic heterocycles. The molecule has 5 heteroatoms. The molecule has 0 fully saturated rings. The van der Waals surface area contributed by atoms with Gasteiger partial charge >= 0.3 is 0 Å². The second kappa shape index (κ2) is 4.49. The van der Waals surface area contributed by atoms with Crippen molar-refractivity contribution >= 4 is 9.76 Å². The van der Waals surface area contributed by atoms with Gasteiger partial charge in [-0.1, -0.05) is 5.11 Å². The monoisotopic (exact) mass is 103 g/mol. The summed E-state index contributed by atoms with van der Waals surface area (Å²) in [6, 6.07) is 0. The fourth-order valence-corrected chi connectivity index (χ4v) is 0.268. The molecule has 0 spiro atoms. The van der Waals surface area contributed by atoms with Gasteiger partial charge in [0.05, 0.1) is 0 Å². The highest BCUT2D eigenvalue weighted by Crippen LogP contribution is 1.61. The molecule has 0 aromatic rings. The van der Waals surface area contributed by atoms with Gasteiger partial charge in [0.15, 0.2) is 9.76 Å². The summed E-state index contributed by atoms with van der Waals surface area (Å²) in [5, 5.41) is 3.08. The topological polar surface area (TPSA) is 69.0 Å². The minimum absolute atomic E-state index is 0.316. The first-order chi connectivity index (χ1) is 2.91. The van der Waals surface area contributed by atoms with Gasteiger partial charge in [0, 0.05) is 11.1 Å².